The maximum Gasteiger partial charge on any atom is 0.240 e. The summed E-state index contributed by atoms with van der Waals surface area (Å²) in [6.45, 7) is 3.58. The summed E-state index contributed by atoms with van der Waals surface area (Å²) in [7, 11) is 0. The molecule has 2 fully saturated rings. The van der Waals surface area contributed by atoms with Gasteiger partial charge in [-0.05, 0) is 81.3 Å². The third kappa shape index (κ3) is 11.0. The maximum absolute atomic E-state index is 12.6. The van der Waals surface area contributed by atoms with Crippen molar-refractivity contribution >= 4 is 46.4 Å². The van der Waals surface area contributed by atoms with Crippen LogP contribution in [-0.2, 0) is 19.2 Å². The Bertz CT molecular complexity index is 1300. The number of hydrogen-bond donors (Lipinski definition) is 4. The zero-order valence-electron chi connectivity index (χ0n) is 26.5. The van der Waals surface area contributed by atoms with E-state index >= 15 is 0 Å². The highest BCUT2D eigenvalue weighted by molar-refractivity contribution is 6.02. The molecule has 4 amide bonds. The van der Waals surface area contributed by atoms with Crippen molar-refractivity contribution in [3.63, 3.8) is 0 Å². The van der Waals surface area contributed by atoms with E-state index in [0.29, 0.717) is 29.2 Å². The van der Waals surface area contributed by atoms with Crippen LogP contribution in [0, 0.1) is 11.8 Å². The Balaban J connectivity index is 1.17. The van der Waals surface area contributed by atoms with E-state index in [0.717, 1.165) is 62.5 Å². The lowest BCUT2D eigenvalue weighted by Gasteiger charge is -2.20. The normalized spacial score (nSPS) is 16.5. The van der Waals surface area contributed by atoms with Gasteiger partial charge < -0.3 is 10.6 Å². The first-order valence-electron chi connectivity index (χ1n) is 16.3. The minimum atomic E-state index is -0.296. The second-order valence-electron chi connectivity index (χ2n) is 12.1. The predicted molar refractivity (Wildman–Crippen MR) is 178 cm³/mol. The number of nitrogens with one attached hydrogen (secondary N) is 4. The average molecular weight is 615 g/mol. The Morgan fingerprint density at radius 1 is 0.622 bits per heavy atom. The van der Waals surface area contributed by atoms with Gasteiger partial charge in [0.15, 0.2) is 0 Å². The minimum Gasteiger partial charge on any atom is -0.326 e. The van der Waals surface area contributed by atoms with Gasteiger partial charge in [-0.1, -0.05) is 62.8 Å². The number of anilines is 2. The molecule has 2 aromatic rings. The standard InChI is InChI=1S/C35H46N6O4/c1-24(28-16-9-18-30(22-28)36-34(44)26-12-5-3-6-13-26)38-40-32(42)20-11-21-33(43)41-39-25(2)29-17-10-19-31(23-29)37-35(45)27-14-7-4-8-15-27/h9-10,16-19,22-23,26-27H,3-8,11-15,20-21H2,1-2H3,(H,36,44)(H,37,45)(H,40,42)(H,41,43). The van der Waals surface area contributed by atoms with E-state index in [-0.39, 0.29) is 48.3 Å². The summed E-state index contributed by atoms with van der Waals surface area (Å²) in [5.74, 6) is -0.339. The second kappa shape index (κ2) is 17.2. The van der Waals surface area contributed by atoms with E-state index in [9.17, 15) is 19.2 Å². The molecule has 2 saturated carbocycles. The number of carbonyl (C=O) groups excluding carboxylic acids is 4. The molecule has 0 bridgehead atoms. The lowest BCUT2D eigenvalue weighted by atomic mass is 9.88. The third-order valence-corrected chi connectivity index (χ3v) is 8.55. The van der Waals surface area contributed by atoms with Crippen molar-refractivity contribution in [1.29, 1.82) is 0 Å². The van der Waals surface area contributed by atoms with Gasteiger partial charge in [0.05, 0.1) is 11.4 Å². The van der Waals surface area contributed by atoms with Crippen molar-refractivity contribution in [3.05, 3.63) is 59.7 Å². The Morgan fingerprint density at radius 3 is 1.42 bits per heavy atom. The molecule has 0 aliphatic heterocycles. The zero-order chi connectivity index (χ0) is 32.0. The van der Waals surface area contributed by atoms with Crippen LogP contribution in [0.5, 0.6) is 0 Å². The van der Waals surface area contributed by atoms with Crippen molar-refractivity contribution in [2.45, 2.75) is 97.3 Å². The van der Waals surface area contributed by atoms with Crippen LogP contribution >= 0.6 is 0 Å². The van der Waals surface area contributed by atoms with E-state index in [1.165, 1.54) is 12.8 Å². The quantitative estimate of drug-likeness (QED) is 0.165. The fourth-order valence-electron chi connectivity index (χ4n) is 5.81. The lowest BCUT2D eigenvalue weighted by molar-refractivity contribution is -0.123. The van der Waals surface area contributed by atoms with Gasteiger partial charge in [-0.2, -0.15) is 10.2 Å². The molecule has 2 aliphatic carbocycles. The van der Waals surface area contributed by atoms with E-state index in [2.05, 4.69) is 31.7 Å². The van der Waals surface area contributed by atoms with Gasteiger partial charge in [0.2, 0.25) is 23.6 Å². The molecule has 0 radical (unpaired) electrons. The molecule has 2 aliphatic rings. The Labute approximate surface area is 265 Å². The molecule has 0 heterocycles. The maximum atomic E-state index is 12.6. The van der Waals surface area contributed by atoms with Crippen LogP contribution < -0.4 is 21.5 Å². The summed E-state index contributed by atoms with van der Waals surface area (Å²) < 4.78 is 0. The van der Waals surface area contributed by atoms with Crippen molar-refractivity contribution in [2.75, 3.05) is 10.6 Å². The zero-order valence-corrected chi connectivity index (χ0v) is 26.5. The largest absolute Gasteiger partial charge is 0.326 e. The first-order valence-corrected chi connectivity index (χ1v) is 16.3. The summed E-state index contributed by atoms with van der Waals surface area (Å²) >= 11 is 0. The molecule has 4 rings (SSSR count). The van der Waals surface area contributed by atoms with E-state index in [1.54, 1.807) is 13.8 Å². The number of hydrazone groups is 2. The van der Waals surface area contributed by atoms with Crippen molar-refractivity contribution in [3.8, 4) is 0 Å². The summed E-state index contributed by atoms with van der Waals surface area (Å²) in [6, 6.07) is 14.8. The molecule has 0 spiro atoms. The van der Waals surface area contributed by atoms with Gasteiger partial charge in [0.1, 0.15) is 0 Å². The van der Waals surface area contributed by atoms with Gasteiger partial charge >= 0.3 is 0 Å². The molecule has 0 aromatic heterocycles. The molecular weight excluding hydrogens is 568 g/mol. The second-order valence-corrected chi connectivity index (χ2v) is 12.1. The summed E-state index contributed by atoms with van der Waals surface area (Å²) in [4.78, 5) is 49.9. The third-order valence-electron chi connectivity index (χ3n) is 8.55. The van der Waals surface area contributed by atoms with Gasteiger partial charge in [-0.15, -0.1) is 0 Å². The van der Waals surface area contributed by atoms with Gasteiger partial charge in [0.25, 0.3) is 0 Å². The van der Waals surface area contributed by atoms with Crippen LogP contribution in [0.15, 0.2) is 58.7 Å². The fraction of sp³-hybridized carbons (Fsp3) is 0.486. The molecule has 10 heteroatoms. The first-order chi connectivity index (χ1) is 21.8. The highest BCUT2D eigenvalue weighted by Crippen LogP contribution is 2.26. The van der Waals surface area contributed by atoms with Crippen molar-refractivity contribution < 1.29 is 19.2 Å². The molecule has 0 unspecified atom stereocenters. The number of amides is 4. The molecule has 10 nitrogen and oxygen atoms in total. The smallest absolute Gasteiger partial charge is 0.240 e. The Morgan fingerprint density at radius 2 is 1.02 bits per heavy atom. The van der Waals surface area contributed by atoms with Crippen LogP contribution in [-0.4, -0.2) is 35.1 Å². The predicted octanol–water partition coefficient (Wildman–Crippen LogP) is 6.28. The number of hydrogen-bond acceptors (Lipinski definition) is 6. The summed E-state index contributed by atoms with van der Waals surface area (Å²) in [5.41, 5.74) is 9.32. The molecule has 240 valence electrons. The van der Waals surface area contributed by atoms with Crippen molar-refractivity contribution in [2.24, 2.45) is 22.0 Å². The molecular formula is C35H46N6O4. The highest BCUT2D eigenvalue weighted by atomic mass is 16.2. The van der Waals surface area contributed by atoms with Crippen LogP contribution in [0.1, 0.15) is 108 Å². The number of carbonyl (C=O) groups is 4. The summed E-state index contributed by atoms with van der Waals surface area (Å²) in [5, 5.41) is 14.4. The lowest BCUT2D eigenvalue weighted by Crippen LogP contribution is -2.24. The van der Waals surface area contributed by atoms with E-state index in [4.69, 9.17) is 0 Å². The molecule has 0 atom stereocenters. The molecule has 2 aromatic carbocycles. The van der Waals surface area contributed by atoms with E-state index in [1.807, 2.05) is 48.5 Å². The Hall–Kier alpha value is -4.34. The first kappa shape index (κ1) is 33.6. The number of benzene rings is 2. The Kier molecular flexibility index (Phi) is 12.8. The van der Waals surface area contributed by atoms with Gasteiger partial charge in [-0.3, -0.25) is 19.2 Å². The topological polar surface area (TPSA) is 141 Å². The van der Waals surface area contributed by atoms with Gasteiger partial charge in [-0.25, -0.2) is 10.9 Å². The van der Waals surface area contributed by atoms with Crippen LogP contribution in [0.25, 0.3) is 0 Å². The SMILES string of the molecule is CC(=NNC(=O)CCCC(=O)NN=C(C)c1cccc(NC(=O)C2CCCCC2)c1)c1cccc(NC(=O)C2CCCCC2)c1. The minimum absolute atomic E-state index is 0.0592. The van der Waals surface area contributed by atoms with E-state index < -0.39 is 0 Å². The fourth-order valence-corrected chi connectivity index (χ4v) is 5.81. The van der Waals surface area contributed by atoms with Crippen LogP contribution in [0.3, 0.4) is 0 Å². The molecule has 45 heavy (non-hydrogen) atoms. The number of nitrogens with zero attached hydrogens (tertiary/aromatic N) is 2. The summed E-state index contributed by atoms with van der Waals surface area (Å²) in [6.07, 6.45) is 11.1. The van der Waals surface area contributed by atoms with Crippen molar-refractivity contribution in [1.82, 2.24) is 10.9 Å². The number of rotatable bonds is 12. The molecule has 4 N–H and O–H groups in total. The van der Waals surface area contributed by atoms with Crippen LogP contribution in [0.2, 0.25) is 0 Å². The van der Waals surface area contributed by atoms with Gasteiger partial charge in [0, 0.05) is 36.1 Å². The highest BCUT2D eigenvalue weighted by Gasteiger charge is 2.22. The monoisotopic (exact) mass is 614 g/mol. The average Bonchev–Trinajstić information content (AvgIpc) is 3.07. The van der Waals surface area contributed by atoms with Crippen LogP contribution in [0.4, 0.5) is 11.4 Å². The molecule has 0 saturated heterocycles.